The van der Waals surface area contributed by atoms with Crippen molar-refractivity contribution in [2.24, 2.45) is 0 Å². The van der Waals surface area contributed by atoms with Gasteiger partial charge in [-0.25, -0.2) is 0 Å². The lowest BCUT2D eigenvalue weighted by Gasteiger charge is -2.29. The number of aryl methyl sites for hydroxylation is 1. The second-order valence-electron chi connectivity index (χ2n) is 7.04. The van der Waals surface area contributed by atoms with Gasteiger partial charge >= 0.3 is 0 Å². The minimum absolute atomic E-state index is 0.0971. The van der Waals surface area contributed by atoms with E-state index >= 15 is 0 Å². The normalized spacial score (nSPS) is 12.9. The molecule has 0 bridgehead atoms. The maximum atomic E-state index is 12.7. The molecule has 0 atom stereocenters. The Balaban J connectivity index is 1.58. The minimum Gasteiger partial charge on any atom is -0.459 e. The Labute approximate surface area is 172 Å². The van der Waals surface area contributed by atoms with Gasteiger partial charge in [0.25, 0.3) is 17.5 Å². The summed E-state index contributed by atoms with van der Waals surface area (Å²) in [6, 6.07) is 13.1. The quantitative estimate of drug-likeness (QED) is 0.513. The summed E-state index contributed by atoms with van der Waals surface area (Å²) < 4.78 is 5.23. The number of nitrogens with zero attached hydrogens (tertiary/aromatic N) is 2. The topological polar surface area (TPSA) is 106 Å². The minimum atomic E-state index is -0.504. The van der Waals surface area contributed by atoms with Gasteiger partial charge in [0.05, 0.1) is 11.2 Å². The third-order valence-electron chi connectivity index (χ3n) is 5.18. The average molecular weight is 405 g/mol. The molecule has 1 aromatic heterocycles. The van der Waals surface area contributed by atoms with Crippen LogP contribution in [0.5, 0.6) is 0 Å². The molecule has 30 heavy (non-hydrogen) atoms. The summed E-state index contributed by atoms with van der Waals surface area (Å²) in [6.45, 7) is 2.14. The molecule has 0 aliphatic carbocycles. The van der Waals surface area contributed by atoms with Crippen molar-refractivity contribution in [2.75, 3.05) is 16.8 Å². The predicted octanol–water partition coefficient (Wildman–Crippen LogP) is 4.34. The van der Waals surface area contributed by atoms with E-state index in [1.54, 1.807) is 42.2 Å². The third-order valence-corrected chi connectivity index (χ3v) is 5.18. The molecular weight excluding hydrogens is 386 g/mol. The molecule has 0 radical (unpaired) electrons. The second kappa shape index (κ2) is 7.82. The van der Waals surface area contributed by atoms with E-state index in [2.05, 4.69) is 5.32 Å². The maximum Gasteiger partial charge on any atom is 0.293 e. The van der Waals surface area contributed by atoms with E-state index in [1.165, 1.54) is 18.4 Å². The maximum absolute atomic E-state index is 12.7. The average Bonchev–Trinajstić information content (AvgIpc) is 3.27. The van der Waals surface area contributed by atoms with Gasteiger partial charge < -0.3 is 14.6 Å². The number of nitro benzene ring substituents is 1. The molecule has 152 valence electrons. The fourth-order valence-corrected chi connectivity index (χ4v) is 3.68. The van der Waals surface area contributed by atoms with E-state index in [0.29, 0.717) is 17.8 Å². The molecule has 2 amide bonds. The first-order valence-electron chi connectivity index (χ1n) is 9.49. The Kier molecular flexibility index (Phi) is 5.05. The Hall–Kier alpha value is -3.94. The van der Waals surface area contributed by atoms with Gasteiger partial charge in [-0.1, -0.05) is 6.07 Å². The highest BCUT2D eigenvalue weighted by Crippen LogP contribution is 2.31. The molecular formula is C22H19N3O5. The zero-order chi connectivity index (χ0) is 21.3. The number of nitrogens with one attached hydrogen (secondary N) is 1. The van der Waals surface area contributed by atoms with Crippen molar-refractivity contribution in [1.29, 1.82) is 0 Å². The number of rotatable bonds is 4. The molecule has 0 saturated heterocycles. The number of benzene rings is 2. The zero-order valence-corrected chi connectivity index (χ0v) is 16.3. The van der Waals surface area contributed by atoms with Gasteiger partial charge in [-0.2, -0.15) is 0 Å². The van der Waals surface area contributed by atoms with Gasteiger partial charge in [0.1, 0.15) is 0 Å². The number of hydrogen-bond donors (Lipinski definition) is 1. The summed E-state index contributed by atoms with van der Waals surface area (Å²) in [5.74, 6) is -0.346. The van der Waals surface area contributed by atoms with Crippen molar-refractivity contribution >= 4 is 28.9 Å². The van der Waals surface area contributed by atoms with Crippen LogP contribution in [0.3, 0.4) is 0 Å². The van der Waals surface area contributed by atoms with Crippen LogP contribution in [0.4, 0.5) is 17.1 Å². The highest BCUT2D eigenvalue weighted by molar-refractivity contribution is 6.07. The van der Waals surface area contributed by atoms with E-state index in [-0.39, 0.29) is 22.9 Å². The van der Waals surface area contributed by atoms with Gasteiger partial charge in [0, 0.05) is 35.1 Å². The summed E-state index contributed by atoms with van der Waals surface area (Å²) in [6.07, 6.45) is 3.03. The van der Waals surface area contributed by atoms with Gasteiger partial charge in [0.2, 0.25) is 0 Å². The van der Waals surface area contributed by atoms with Crippen LogP contribution in [0, 0.1) is 17.0 Å². The van der Waals surface area contributed by atoms with E-state index in [4.69, 9.17) is 4.42 Å². The summed E-state index contributed by atoms with van der Waals surface area (Å²) in [4.78, 5) is 37.7. The van der Waals surface area contributed by atoms with Crippen molar-refractivity contribution in [1.82, 2.24) is 0 Å². The molecule has 2 aromatic carbocycles. The van der Waals surface area contributed by atoms with Gasteiger partial charge in [-0.15, -0.1) is 0 Å². The van der Waals surface area contributed by atoms with Crippen LogP contribution in [0.15, 0.2) is 59.2 Å². The fourth-order valence-electron chi connectivity index (χ4n) is 3.68. The van der Waals surface area contributed by atoms with Crippen molar-refractivity contribution in [2.45, 2.75) is 19.8 Å². The Bertz CT molecular complexity index is 1140. The van der Waals surface area contributed by atoms with Gasteiger partial charge in [0.15, 0.2) is 5.76 Å². The molecule has 1 aliphatic heterocycles. The first-order valence-corrected chi connectivity index (χ1v) is 9.49. The molecule has 0 unspecified atom stereocenters. The van der Waals surface area contributed by atoms with Crippen LogP contribution >= 0.6 is 0 Å². The van der Waals surface area contributed by atoms with Crippen molar-refractivity contribution in [3.05, 3.63) is 87.4 Å². The fraction of sp³-hybridized carbons (Fsp3) is 0.182. The molecule has 2 heterocycles. The monoisotopic (exact) mass is 405 g/mol. The summed E-state index contributed by atoms with van der Waals surface area (Å²) >= 11 is 0. The lowest BCUT2D eigenvalue weighted by atomic mass is 10.00. The standard InChI is InChI=1S/C22H19N3O5/c1-14-17(6-2-7-18(14)25(28)29)21(26)23-16-9-10-19-15(13-16)5-3-11-24(19)22(27)20-8-4-12-30-20/h2,4,6-10,12-13H,3,5,11H2,1H3,(H,23,26). The molecule has 8 heteroatoms. The van der Waals surface area contributed by atoms with Gasteiger partial charge in [-0.3, -0.25) is 19.7 Å². The van der Waals surface area contributed by atoms with Crippen LogP contribution in [0.1, 0.15) is 38.5 Å². The molecule has 3 aromatic rings. The summed E-state index contributed by atoms with van der Waals surface area (Å²) in [5, 5.41) is 13.9. The highest BCUT2D eigenvalue weighted by Gasteiger charge is 2.26. The van der Waals surface area contributed by atoms with Crippen molar-refractivity contribution in [3.8, 4) is 0 Å². The second-order valence-corrected chi connectivity index (χ2v) is 7.04. The number of hydrogen-bond acceptors (Lipinski definition) is 5. The largest absolute Gasteiger partial charge is 0.459 e. The lowest BCUT2D eigenvalue weighted by molar-refractivity contribution is -0.385. The lowest BCUT2D eigenvalue weighted by Crippen LogP contribution is -2.35. The Morgan fingerprint density at radius 3 is 2.73 bits per heavy atom. The summed E-state index contributed by atoms with van der Waals surface area (Å²) in [7, 11) is 0. The summed E-state index contributed by atoms with van der Waals surface area (Å²) in [5.41, 5.74) is 2.75. The van der Waals surface area contributed by atoms with Crippen LogP contribution in [0.2, 0.25) is 0 Å². The van der Waals surface area contributed by atoms with Crippen LogP contribution < -0.4 is 10.2 Å². The number of carbonyl (C=O) groups is 2. The van der Waals surface area contributed by atoms with Crippen LogP contribution in [-0.4, -0.2) is 23.3 Å². The molecule has 0 spiro atoms. The highest BCUT2D eigenvalue weighted by atomic mass is 16.6. The van der Waals surface area contributed by atoms with E-state index in [1.807, 2.05) is 6.07 Å². The Morgan fingerprint density at radius 1 is 1.17 bits per heavy atom. The molecule has 1 N–H and O–H groups in total. The molecule has 8 nitrogen and oxygen atoms in total. The first kappa shape index (κ1) is 19.4. The number of carbonyl (C=O) groups excluding carboxylic acids is 2. The van der Waals surface area contributed by atoms with E-state index in [0.717, 1.165) is 24.1 Å². The number of anilines is 2. The number of amides is 2. The van der Waals surface area contributed by atoms with Gasteiger partial charge in [-0.05, 0) is 61.7 Å². The molecule has 4 rings (SSSR count). The smallest absolute Gasteiger partial charge is 0.293 e. The first-order chi connectivity index (χ1) is 14.5. The molecule has 0 saturated carbocycles. The van der Waals surface area contributed by atoms with Crippen molar-refractivity contribution < 1.29 is 18.9 Å². The Morgan fingerprint density at radius 2 is 2.00 bits per heavy atom. The van der Waals surface area contributed by atoms with E-state index in [9.17, 15) is 19.7 Å². The molecule has 1 aliphatic rings. The predicted molar refractivity (Wildman–Crippen MR) is 111 cm³/mol. The number of fused-ring (bicyclic) bond motifs is 1. The third kappa shape index (κ3) is 3.55. The van der Waals surface area contributed by atoms with Crippen LogP contribution in [-0.2, 0) is 6.42 Å². The number of nitro groups is 1. The zero-order valence-electron chi connectivity index (χ0n) is 16.3. The SMILES string of the molecule is Cc1c(C(=O)Nc2ccc3c(c2)CCCN3C(=O)c2ccco2)cccc1[N+](=O)[O-]. The van der Waals surface area contributed by atoms with Crippen molar-refractivity contribution in [3.63, 3.8) is 0 Å². The number of furan rings is 1. The molecule has 0 fully saturated rings. The van der Waals surface area contributed by atoms with E-state index < -0.39 is 10.8 Å². The van der Waals surface area contributed by atoms with Crippen LogP contribution in [0.25, 0.3) is 0 Å².